The van der Waals surface area contributed by atoms with Crippen LogP contribution in [0.3, 0.4) is 0 Å². The van der Waals surface area contributed by atoms with Crippen LogP contribution in [0.4, 0.5) is 5.13 Å². The average molecular weight is 427 g/mol. The van der Waals surface area contributed by atoms with E-state index in [1.165, 1.54) is 16.9 Å². The third-order valence-corrected chi connectivity index (χ3v) is 5.90. The van der Waals surface area contributed by atoms with Gasteiger partial charge in [-0.2, -0.15) is 5.10 Å². The van der Waals surface area contributed by atoms with Crippen LogP contribution in [0.15, 0.2) is 41.2 Å². The fraction of sp³-hybridized carbons (Fsp3) is 0.238. The Hall–Kier alpha value is -2.77. The van der Waals surface area contributed by atoms with Crippen molar-refractivity contribution >= 4 is 55.1 Å². The Morgan fingerprint density at radius 2 is 2.03 bits per heavy atom. The van der Waals surface area contributed by atoms with Crippen LogP contribution in [0, 0.1) is 0 Å². The Morgan fingerprint density at radius 3 is 2.76 bits per heavy atom. The molecule has 0 saturated heterocycles. The Morgan fingerprint density at radius 1 is 1.24 bits per heavy atom. The molecule has 2 heterocycles. The Kier molecular flexibility index (Phi) is 5.10. The van der Waals surface area contributed by atoms with Crippen LogP contribution in [-0.4, -0.2) is 20.7 Å². The minimum absolute atomic E-state index is 0.177. The summed E-state index contributed by atoms with van der Waals surface area (Å²) in [7, 11) is 0. The second-order valence-electron chi connectivity index (χ2n) is 7.01. The zero-order valence-corrected chi connectivity index (χ0v) is 17.8. The molecule has 0 unspecified atom stereocenters. The van der Waals surface area contributed by atoms with Crippen molar-refractivity contribution in [2.24, 2.45) is 0 Å². The lowest BCUT2D eigenvalue weighted by atomic mass is 10.0. The van der Waals surface area contributed by atoms with Crippen LogP contribution in [-0.2, 0) is 6.54 Å². The first-order chi connectivity index (χ1) is 13.9. The van der Waals surface area contributed by atoms with E-state index in [2.05, 4.69) is 35.3 Å². The number of carbonyl (C=O) groups is 1. The normalized spacial score (nSPS) is 11.5. The van der Waals surface area contributed by atoms with Crippen molar-refractivity contribution in [1.29, 1.82) is 0 Å². The number of amides is 1. The summed E-state index contributed by atoms with van der Waals surface area (Å²) in [5, 5.41) is 8.22. The van der Waals surface area contributed by atoms with Crippen molar-refractivity contribution in [3.05, 3.63) is 62.9 Å². The van der Waals surface area contributed by atoms with E-state index in [0.717, 1.165) is 10.2 Å². The number of carbonyl (C=O) groups excluding carboxylic acids is 1. The Labute approximate surface area is 176 Å². The standard InChI is InChI=1S/C21H19ClN4O2S/c1-4-26-16-8-6-13(22)10-14(16)19(27)18(25-26)20(28)24-21-23-15-7-5-12(11(2)3)9-17(15)29-21/h5-11H,4H2,1-3H3,(H,23,24,28). The number of nitrogens with one attached hydrogen (secondary N) is 1. The zero-order valence-electron chi connectivity index (χ0n) is 16.2. The third kappa shape index (κ3) is 3.63. The number of thiazole rings is 1. The van der Waals surface area contributed by atoms with Gasteiger partial charge in [-0.05, 0) is 48.7 Å². The number of aromatic nitrogens is 3. The summed E-state index contributed by atoms with van der Waals surface area (Å²) in [6.45, 7) is 6.66. The van der Waals surface area contributed by atoms with E-state index in [4.69, 9.17) is 11.6 Å². The monoisotopic (exact) mass is 426 g/mol. The van der Waals surface area contributed by atoms with Gasteiger partial charge >= 0.3 is 0 Å². The van der Waals surface area contributed by atoms with Crippen molar-refractivity contribution in [2.45, 2.75) is 33.2 Å². The maximum Gasteiger partial charge on any atom is 0.281 e. The minimum Gasteiger partial charge on any atom is -0.296 e. The molecule has 0 bridgehead atoms. The molecule has 8 heteroatoms. The SMILES string of the molecule is CCn1nc(C(=O)Nc2nc3ccc(C(C)C)cc3s2)c(=O)c2cc(Cl)ccc21. The van der Waals surface area contributed by atoms with Gasteiger partial charge < -0.3 is 0 Å². The van der Waals surface area contributed by atoms with Crippen molar-refractivity contribution < 1.29 is 4.79 Å². The Balaban J connectivity index is 1.73. The first-order valence-corrected chi connectivity index (χ1v) is 10.5. The minimum atomic E-state index is -0.581. The van der Waals surface area contributed by atoms with Crippen LogP contribution in [0.5, 0.6) is 0 Å². The molecule has 2 aromatic carbocycles. The molecule has 0 radical (unpaired) electrons. The summed E-state index contributed by atoms with van der Waals surface area (Å²) in [5.74, 6) is -0.178. The van der Waals surface area contributed by atoms with Crippen LogP contribution < -0.4 is 10.7 Å². The lowest BCUT2D eigenvalue weighted by molar-refractivity contribution is 0.101. The molecule has 29 heavy (non-hydrogen) atoms. The largest absolute Gasteiger partial charge is 0.296 e. The maximum atomic E-state index is 12.9. The fourth-order valence-electron chi connectivity index (χ4n) is 3.16. The summed E-state index contributed by atoms with van der Waals surface area (Å²) >= 11 is 7.42. The van der Waals surface area contributed by atoms with Crippen LogP contribution in [0.25, 0.3) is 21.1 Å². The molecule has 2 aromatic heterocycles. The van der Waals surface area contributed by atoms with E-state index in [9.17, 15) is 9.59 Å². The Bertz CT molecular complexity index is 1310. The van der Waals surface area contributed by atoms with Crippen LogP contribution >= 0.6 is 22.9 Å². The van der Waals surface area contributed by atoms with Crippen molar-refractivity contribution in [3.63, 3.8) is 0 Å². The van der Waals surface area contributed by atoms with Gasteiger partial charge in [0, 0.05) is 11.6 Å². The predicted molar refractivity (Wildman–Crippen MR) is 118 cm³/mol. The third-order valence-electron chi connectivity index (χ3n) is 4.73. The van der Waals surface area contributed by atoms with E-state index in [1.54, 1.807) is 22.9 Å². The molecule has 0 atom stereocenters. The molecular weight excluding hydrogens is 408 g/mol. The second kappa shape index (κ2) is 7.57. The van der Waals surface area contributed by atoms with Gasteiger partial charge in [-0.1, -0.05) is 42.9 Å². The van der Waals surface area contributed by atoms with Gasteiger partial charge in [0.1, 0.15) is 0 Å². The van der Waals surface area contributed by atoms with E-state index in [0.29, 0.717) is 33.5 Å². The number of hydrogen-bond donors (Lipinski definition) is 1. The van der Waals surface area contributed by atoms with Gasteiger partial charge in [-0.15, -0.1) is 0 Å². The van der Waals surface area contributed by atoms with Crippen LogP contribution in [0.2, 0.25) is 5.02 Å². The molecular formula is C21H19ClN4O2S. The summed E-state index contributed by atoms with van der Waals surface area (Å²) in [6.07, 6.45) is 0. The summed E-state index contributed by atoms with van der Waals surface area (Å²) in [6, 6.07) is 11.0. The number of rotatable bonds is 4. The van der Waals surface area contributed by atoms with Gasteiger partial charge in [-0.3, -0.25) is 19.6 Å². The second-order valence-corrected chi connectivity index (χ2v) is 8.48. The smallest absolute Gasteiger partial charge is 0.281 e. The molecule has 1 amide bonds. The lowest BCUT2D eigenvalue weighted by Gasteiger charge is -2.10. The molecule has 148 valence electrons. The van der Waals surface area contributed by atoms with E-state index in [1.807, 2.05) is 19.1 Å². The number of benzene rings is 2. The van der Waals surface area contributed by atoms with E-state index >= 15 is 0 Å². The maximum absolute atomic E-state index is 12.9. The summed E-state index contributed by atoms with van der Waals surface area (Å²) < 4.78 is 2.60. The highest BCUT2D eigenvalue weighted by atomic mass is 35.5. The topological polar surface area (TPSA) is 76.9 Å². The van der Waals surface area contributed by atoms with Gasteiger partial charge in [0.15, 0.2) is 10.8 Å². The first kappa shape index (κ1) is 19.5. The molecule has 4 aromatic rings. The van der Waals surface area contributed by atoms with E-state index < -0.39 is 11.3 Å². The molecule has 4 rings (SSSR count). The van der Waals surface area contributed by atoms with Crippen molar-refractivity contribution in [2.75, 3.05) is 5.32 Å². The number of halogens is 1. The quantitative estimate of drug-likeness (QED) is 0.495. The number of aryl methyl sites for hydroxylation is 1. The molecule has 1 N–H and O–H groups in total. The molecule has 0 spiro atoms. The number of anilines is 1. The van der Waals surface area contributed by atoms with Gasteiger partial charge in [-0.25, -0.2) is 4.98 Å². The molecule has 6 nitrogen and oxygen atoms in total. The number of hydrogen-bond acceptors (Lipinski definition) is 5. The van der Waals surface area contributed by atoms with Crippen LogP contribution in [0.1, 0.15) is 42.7 Å². The number of nitrogens with zero attached hydrogens (tertiary/aromatic N) is 3. The first-order valence-electron chi connectivity index (χ1n) is 9.29. The van der Waals surface area contributed by atoms with Gasteiger partial charge in [0.2, 0.25) is 5.43 Å². The summed E-state index contributed by atoms with van der Waals surface area (Å²) in [4.78, 5) is 30.1. The highest BCUT2D eigenvalue weighted by molar-refractivity contribution is 7.22. The predicted octanol–water partition coefficient (Wildman–Crippen LogP) is 5.06. The fourth-order valence-corrected chi connectivity index (χ4v) is 4.24. The molecule has 0 aliphatic heterocycles. The number of fused-ring (bicyclic) bond motifs is 2. The van der Waals surface area contributed by atoms with Gasteiger partial charge in [0.25, 0.3) is 5.91 Å². The highest BCUT2D eigenvalue weighted by Crippen LogP contribution is 2.29. The van der Waals surface area contributed by atoms with Crippen molar-refractivity contribution in [3.8, 4) is 0 Å². The van der Waals surface area contributed by atoms with Gasteiger partial charge in [0.05, 0.1) is 21.1 Å². The molecule has 0 saturated carbocycles. The molecule has 0 fully saturated rings. The van der Waals surface area contributed by atoms with E-state index in [-0.39, 0.29) is 5.69 Å². The highest BCUT2D eigenvalue weighted by Gasteiger charge is 2.19. The molecule has 0 aliphatic rings. The van der Waals surface area contributed by atoms with Crippen molar-refractivity contribution in [1.82, 2.24) is 14.8 Å². The zero-order chi connectivity index (χ0) is 20.7. The summed E-state index contributed by atoms with van der Waals surface area (Å²) in [5.41, 5.74) is 2.02. The molecule has 0 aliphatic carbocycles. The lowest BCUT2D eigenvalue weighted by Crippen LogP contribution is -2.27. The average Bonchev–Trinajstić information content (AvgIpc) is 3.09.